The van der Waals surface area contributed by atoms with Crippen molar-refractivity contribution in [1.29, 1.82) is 0 Å². The Morgan fingerprint density at radius 1 is 1.09 bits per heavy atom. The van der Waals surface area contributed by atoms with Gasteiger partial charge in [0.25, 0.3) is 0 Å². The number of hydrogen-bond acceptors (Lipinski definition) is 4. The number of nitrogens with zero attached hydrogens (tertiary/aromatic N) is 1. The molecule has 1 atom stereocenters. The molecule has 1 amide bonds. The van der Waals surface area contributed by atoms with Crippen molar-refractivity contribution >= 4 is 41.5 Å². The van der Waals surface area contributed by atoms with E-state index in [2.05, 4.69) is 45.2 Å². The normalized spacial score (nSPS) is 15.4. The molecule has 0 saturated carbocycles. The van der Waals surface area contributed by atoms with Gasteiger partial charge in [0, 0.05) is 44.8 Å². The van der Waals surface area contributed by atoms with Crippen molar-refractivity contribution in [2.24, 2.45) is 4.99 Å². The van der Waals surface area contributed by atoms with Gasteiger partial charge >= 0.3 is 0 Å². The van der Waals surface area contributed by atoms with Crippen LogP contribution in [0.25, 0.3) is 0 Å². The maximum atomic E-state index is 12.0. The minimum atomic E-state index is 0. The highest BCUT2D eigenvalue weighted by atomic mass is 127. The number of aliphatic imine (C=N–C) groups is 1. The molecule has 0 spiro atoms. The summed E-state index contributed by atoms with van der Waals surface area (Å²) in [5.74, 6) is 0.872. The van der Waals surface area contributed by atoms with Gasteiger partial charge in [0.05, 0.1) is 19.8 Å². The number of amides is 1. The third-order valence-corrected chi connectivity index (χ3v) is 5.14. The van der Waals surface area contributed by atoms with Crippen molar-refractivity contribution < 1.29 is 14.3 Å². The van der Waals surface area contributed by atoms with Crippen LogP contribution in [0.3, 0.4) is 0 Å². The van der Waals surface area contributed by atoms with Crippen molar-refractivity contribution in [2.45, 2.75) is 32.4 Å². The van der Waals surface area contributed by atoms with Gasteiger partial charge in [0.2, 0.25) is 5.91 Å². The SMILES string of the molecule is CCOCCOCc1cccc(CNC(=NC)NCC2CC(=O)Nc3ccccc32)c1.I. The first-order valence-corrected chi connectivity index (χ1v) is 10.8. The second kappa shape index (κ2) is 14.1. The van der Waals surface area contributed by atoms with E-state index in [0.29, 0.717) is 51.9 Å². The number of fused-ring (bicyclic) bond motifs is 1. The molecule has 7 nitrogen and oxygen atoms in total. The molecule has 174 valence electrons. The topological polar surface area (TPSA) is 84.0 Å². The third-order valence-electron chi connectivity index (χ3n) is 5.14. The maximum absolute atomic E-state index is 12.0. The molecule has 2 aromatic carbocycles. The van der Waals surface area contributed by atoms with Gasteiger partial charge in [-0.1, -0.05) is 42.5 Å². The van der Waals surface area contributed by atoms with Crippen LogP contribution in [0.2, 0.25) is 0 Å². The van der Waals surface area contributed by atoms with E-state index < -0.39 is 0 Å². The van der Waals surface area contributed by atoms with Gasteiger partial charge in [-0.05, 0) is 29.7 Å². The lowest BCUT2D eigenvalue weighted by atomic mass is 9.90. The van der Waals surface area contributed by atoms with Crippen LogP contribution >= 0.6 is 24.0 Å². The summed E-state index contributed by atoms with van der Waals surface area (Å²) in [5.41, 5.74) is 4.33. The van der Waals surface area contributed by atoms with Crippen LogP contribution in [0.1, 0.15) is 36.0 Å². The molecular weight excluding hydrogens is 519 g/mol. The minimum absolute atomic E-state index is 0. The fourth-order valence-electron chi connectivity index (χ4n) is 3.59. The molecule has 0 bridgehead atoms. The first kappa shape index (κ1) is 26.1. The van der Waals surface area contributed by atoms with Crippen molar-refractivity contribution in [1.82, 2.24) is 10.6 Å². The van der Waals surface area contributed by atoms with Crippen LogP contribution in [0.4, 0.5) is 5.69 Å². The van der Waals surface area contributed by atoms with Gasteiger partial charge in [-0.25, -0.2) is 0 Å². The van der Waals surface area contributed by atoms with E-state index in [1.165, 1.54) is 0 Å². The fraction of sp³-hybridized carbons (Fsp3) is 0.417. The number of nitrogens with one attached hydrogen (secondary N) is 3. The molecule has 0 radical (unpaired) electrons. The standard InChI is InChI=1S/C24H32N4O3.HI/c1-3-30-11-12-31-17-19-8-6-7-18(13-19)15-26-24(25-2)27-16-20-14-23(29)28-22-10-5-4-9-21(20)22;/h4-10,13,20H,3,11-12,14-17H2,1-2H3,(H,28,29)(H2,25,26,27);1H. The molecule has 0 fully saturated rings. The number of carbonyl (C=O) groups is 1. The Labute approximate surface area is 207 Å². The van der Waals surface area contributed by atoms with E-state index in [4.69, 9.17) is 9.47 Å². The quantitative estimate of drug-likeness (QED) is 0.182. The van der Waals surface area contributed by atoms with Crippen molar-refractivity contribution in [3.8, 4) is 0 Å². The zero-order chi connectivity index (χ0) is 21.9. The molecule has 8 heteroatoms. The summed E-state index contributed by atoms with van der Waals surface area (Å²) in [6.45, 7) is 5.75. The highest BCUT2D eigenvalue weighted by Crippen LogP contribution is 2.31. The zero-order valence-corrected chi connectivity index (χ0v) is 21.1. The Morgan fingerprint density at radius 3 is 2.69 bits per heavy atom. The van der Waals surface area contributed by atoms with E-state index in [0.717, 1.165) is 22.4 Å². The number of anilines is 1. The monoisotopic (exact) mass is 552 g/mol. The van der Waals surface area contributed by atoms with Crippen LogP contribution < -0.4 is 16.0 Å². The average Bonchev–Trinajstić information content (AvgIpc) is 2.79. The molecule has 3 N–H and O–H groups in total. The Bertz CT molecular complexity index is 891. The van der Waals surface area contributed by atoms with Gasteiger partial charge in [0.15, 0.2) is 5.96 Å². The lowest BCUT2D eigenvalue weighted by Gasteiger charge is -2.26. The molecule has 1 unspecified atom stereocenters. The second-order valence-electron chi connectivity index (χ2n) is 7.41. The highest BCUT2D eigenvalue weighted by Gasteiger charge is 2.24. The third kappa shape index (κ3) is 8.07. The van der Waals surface area contributed by atoms with Crippen molar-refractivity contribution in [3.05, 3.63) is 65.2 Å². The number of halogens is 1. The molecule has 1 heterocycles. The fourth-order valence-corrected chi connectivity index (χ4v) is 3.59. The second-order valence-corrected chi connectivity index (χ2v) is 7.41. The van der Waals surface area contributed by atoms with Crippen LogP contribution in [0, 0.1) is 0 Å². The Morgan fingerprint density at radius 2 is 1.88 bits per heavy atom. The molecular formula is C24H33IN4O3. The lowest BCUT2D eigenvalue weighted by molar-refractivity contribution is -0.116. The number of ether oxygens (including phenoxy) is 2. The smallest absolute Gasteiger partial charge is 0.225 e. The Hall–Kier alpha value is -2.17. The van der Waals surface area contributed by atoms with E-state index >= 15 is 0 Å². The van der Waals surface area contributed by atoms with E-state index in [1.807, 2.05) is 31.2 Å². The van der Waals surface area contributed by atoms with Crippen LogP contribution in [0.15, 0.2) is 53.5 Å². The summed E-state index contributed by atoms with van der Waals surface area (Å²) in [6, 6.07) is 16.2. The number of para-hydroxylation sites is 1. The minimum Gasteiger partial charge on any atom is -0.379 e. The summed E-state index contributed by atoms with van der Waals surface area (Å²) >= 11 is 0. The Balaban J connectivity index is 0.00000363. The molecule has 1 aliphatic rings. The van der Waals surface area contributed by atoms with Crippen molar-refractivity contribution in [3.63, 3.8) is 0 Å². The average molecular weight is 552 g/mol. The van der Waals surface area contributed by atoms with Crippen LogP contribution in [-0.4, -0.2) is 45.3 Å². The lowest BCUT2D eigenvalue weighted by Crippen LogP contribution is -2.40. The molecule has 1 aliphatic heterocycles. The van der Waals surface area contributed by atoms with Gasteiger partial charge < -0.3 is 25.4 Å². The zero-order valence-electron chi connectivity index (χ0n) is 18.7. The van der Waals surface area contributed by atoms with Gasteiger partial charge in [-0.3, -0.25) is 9.79 Å². The molecule has 3 rings (SSSR count). The maximum Gasteiger partial charge on any atom is 0.225 e. The number of hydrogen-bond donors (Lipinski definition) is 3. The van der Waals surface area contributed by atoms with E-state index in [-0.39, 0.29) is 35.8 Å². The Kier molecular flexibility index (Phi) is 11.5. The summed E-state index contributed by atoms with van der Waals surface area (Å²) in [5, 5.41) is 9.65. The first-order chi connectivity index (χ1) is 15.2. The van der Waals surface area contributed by atoms with Crippen LogP contribution in [-0.2, 0) is 27.4 Å². The summed E-state index contributed by atoms with van der Waals surface area (Å²) in [4.78, 5) is 16.3. The predicted molar refractivity (Wildman–Crippen MR) is 139 cm³/mol. The molecule has 0 saturated heterocycles. The van der Waals surface area contributed by atoms with E-state index in [9.17, 15) is 4.79 Å². The molecule has 0 aliphatic carbocycles. The molecule has 2 aromatic rings. The van der Waals surface area contributed by atoms with Gasteiger partial charge in [-0.15, -0.1) is 24.0 Å². The molecule has 32 heavy (non-hydrogen) atoms. The largest absolute Gasteiger partial charge is 0.379 e. The number of benzene rings is 2. The number of rotatable bonds is 10. The summed E-state index contributed by atoms with van der Waals surface area (Å²) < 4.78 is 10.9. The van der Waals surface area contributed by atoms with Gasteiger partial charge in [0.1, 0.15) is 0 Å². The predicted octanol–water partition coefficient (Wildman–Crippen LogP) is 3.65. The van der Waals surface area contributed by atoms with Crippen molar-refractivity contribution in [2.75, 3.05) is 38.7 Å². The van der Waals surface area contributed by atoms with Gasteiger partial charge in [-0.2, -0.15) is 0 Å². The number of guanidine groups is 1. The summed E-state index contributed by atoms with van der Waals surface area (Å²) in [6.07, 6.45) is 0.465. The van der Waals surface area contributed by atoms with E-state index in [1.54, 1.807) is 7.05 Å². The summed E-state index contributed by atoms with van der Waals surface area (Å²) in [7, 11) is 1.75. The number of carbonyl (C=O) groups excluding carboxylic acids is 1. The highest BCUT2D eigenvalue weighted by molar-refractivity contribution is 14.0. The molecule has 0 aromatic heterocycles. The van der Waals surface area contributed by atoms with Crippen LogP contribution in [0.5, 0.6) is 0 Å². The first-order valence-electron chi connectivity index (χ1n) is 10.8.